The van der Waals surface area contributed by atoms with Crippen LogP contribution in [0.15, 0.2) is 42.2 Å². The van der Waals surface area contributed by atoms with Crippen LogP contribution < -0.4 is 4.74 Å². The van der Waals surface area contributed by atoms with Gasteiger partial charge in [-0.25, -0.2) is 0 Å². The van der Waals surface area contributed by atoms with Crippen LogP contribution in [0.2, 0.25) is 0 Å². The maximum absolute atomic E-state index is 5.58. The Hall–Kier alpha value is -1.70. The first-order chi connectivity index (χ1) is 6.95. The van der Waals surface area contributed by atoms with E-state index in [1.807, 2.05) is 24.3 Å². The standard InChI is InChI=1S/C12H10O2/c1-2-6-11-9(4-1)10-5-3-7-13-12(10)8-14-11/h1-6H,7-8H2. The van der Waals surface area contributed by atoms with E-state index in [-0.39, 0.29) is 0 Å². The number of rotatable bonds is 0. The van der Waals surface area contributed by atoms with Crippen molar-refractivity contribution in [1.82, 2.24) is 0 Å². The van der Waals surface area contributed by atoms with Gasteiger partial charge in [-0.1, -0.05) is 24.3 Å². The molecule has 1 aromatic rings. The van der Waals surface area contributed by atoms with Crippen LogP contribution in [0.5, 0.6) is 5.75 Å². The first-order valence-corrected chi connectivity index (χ1v) is 4.70. The normalized spacial score (nSPS) is 18.0. The predicted octanol–water partition coefficient (Wildman–Crippen LogP) is 2.38. The van der Waals surface area contributed by atoms with E-state index in [4.69, 9.17) is 9.47 Å². The van der Waals surface area contributed by atoms with E-state index in [1.54, 1.807) is 0 Å². The van der Waals surface area contributed by atoms with E-state index in [9.17, 15) is 0 Å². The third kappa shape index (κ3) is 1.04. The summed E-state index contributed by atoms with van der Waals surface area (Å²) in [4.78, 5) is 0. The Morgan fingerprint density at radius 1 is 1.07 bits per heavy atom. The highest BCUT2D eigenvalue weighted by Gasteiger charge is 2.20. The van der Waals surface area contributed by atoms with Crippen molar-refractivity contribution in [3.63, 3.8) is 0 Å². The van der Waals surface area contributed by atoms with Crippen LogP contribution in [-0.2, 0) is 4.74 Å². The van der Waals surface area contributed by atoms with Gasteiger partial charge in [0.2, 0.25) is 0 Å². The van der Waals surface area contributed by atoms with E-state index >= 15 is 0 Å². The Morgan fingerprint density at radius 3 is 3.00 bits per heavy atom. The molecule has 2 heteroatoms. The van der Waals surface area contributed by atoms with E-state index in [0.29, 0.717) is 13.2 Å². The molecule has 2 nitrogen and oxygen atoms in total. The van der Waals surface area contributed by atoms with Gasteiger partial charge in [0, 0.05) is 11.1 Å². The van der Waals surface area contributed by atoms with Crippen LogP contribution in [0.3, 0.4) is 0 Å². The van der Waals surface area contributed by atoms with Crippen molar-refractivity contribution in [1.29, 1.82) is 0 Å². The van der Waals surface area contributed by atoms with Crippen molar-refractivity contribution >= 4 is 5.57 Å². The average molecular weight is 186 g/mol. The largest absolute Gasteiger partial charge is 0.490 e. The molecule has 2 aliphatic rings. The number of fused-ring (bicyclic) bond motifs is 2. The van der Waals surface area contributed by atoms with Crippen molar-refractivity contribution < 1.29 is 9.47 Å². The van der Waals surface area contributed by atoms with Gasteiger partial charge in [0.25, 0.3) is 0 Å². The molecule has 2 aliphatic heterocycles. The van der Waals surface area contributed by atoms with Gasteiger partial charge < -0.3 is 9.47 Å². The topological polar surface area (TPSA) is 18.5 Å². The fourth-order valence-corrected chi connectivity index (χ4v) is 1.80. The lowest BCUT2D eigenvalue weighted by Crippen LogP contribution is -2.15. The summed E-state index contributed by atoms with van der Waals surface area (Å²) in [7, 11) is 0. The molecule has 0 amide bonds. The zero-order valence-electron chi connectivity index (χ0n) is 7.69. The molecule has 0 spiro atoms. The second-order valence-corrected chi connectivity index (χ2v) is 3.34. The zero-order chi connectivity index (χ0) is 9.38. The number of allylic oxidation sites excluding steroid dienone is 2. The molecule has 0 saturated carbocycles. The molecule has 14 heavy (non-hydrogen) atoms. The van der Waals surface area contributed by atoms with Gasteiger partial charge in [-0.05, 0) is 12.1 Å². The smallest absolute Gasteiger partial charge is 0.146 e. The molecule has 1 aromatic carbocycles. The third-order valence-corrected chi connectivity index (χ3v) is 2.47. The molecule has 70 valence electrons. The zero-order valence-corrected chi connectivity index (χ0v) is 7.69. The lowest BCUT2D eigenvalue weighted by Gasteiger charge is -2.24. The van der Waals surface area contributed by atoms with Gasteiger partial charge in [-0.15, -0.1) is 0 Å². The molecule has 0 atom stereocenters. The summed E-state index contributed by atoms with van der Waals surface area (Å²) in [5.74, 6) is 1.90. The summed E-state index contributed by atoms with van der Waals surface area (Å²) >= 11 is 0. The Labute approximate surface area is 82.5 Å². The number of benzene rings is 1. The van der Waals surface area contributed by atoms with E-state index in [1.165, 1.54) is 0 Å². The molecular formula is C12H10O2. The molecule has 0 aromatic heterocycles. The first-order valence-electron chi connectivity index (χ1n) is 4.70. The monoisotopic (exact) mass is 186 g/mol. The Morgan fingerprint density at radius 2 is 2.00 bits per heavy atom. The Bertz CT molecular complexity index is 430. The predicted molar refractivity (Wildman–Crippen MR) is 53.9 cm³/mol. The van der Waals surface area contributed by atoms with Crippen LogP contribution in [0.1, 0.15) is 5.56 Å². The summed E-state index contributed by atoms with van der Waals surface area (Å²) in [6.45, 7) is 1.21. The molecule has 0 N–H and O–H groups in total. The number of ether oxygens (including phenoxy) is 2. The van der Waals surface area contributed by atoms with Gasteiger partial charge in [0.05, 0.1) is 0 Å². The molecule has 0 aliphatic carbocycles. The van der Waals surface area contributed by atoms with E-state index < -0.39 is 0 Å². The lowest BCUT2D eigenvalue weighted by atomic mass is 10.0. The summed E-state index contributed by atoms with van der Waals surface area (Å²) in [5, 5.41) is 0. The second-order valence-electron chi connectivity index (χ2n) is 3.34. The Kier molecular flexibility index (Phi) is 1.60. The highest BCUT2D eigenvalue weighted by molar-refractivity contribution is 5.81. The molecule has 0 saturated heterocycles. The van der Waals surface area contributed by atoms with Crippen LogP contribution in [0.4, 0.5) is 0 Å². The van der Waals surface area contributed by atoms with E-state index in [2.05, 4.69) is 12.1 Å². The maximum Gasteiger partial charge on any atom is 0.146 e. The molecule has 0 unspecified atom stereocenters. The molecule has 0 radical (unpaired) electrons. The molecular weight excluding hydrogens is 176 g/mol. The molecule has 2 heterocycles. The molecule has 0 bridgehead atoms. The summed E-state index contributed by atoms with van der Waals surface area (Å²) in [6.07, 6.45) is 4.14. The fraction of sp³-hybridized carbons (Fsp3) is 0.167. The van der Waals surface area contributed by atoms with Crippen molar-refractivity contribution in [3.8, 4) is 5.75 Å². The lowest BCUT2D eigenvalue weighted by molar-refractivity contribution is 0.187. The van der Waals surface area contributed by atoms with Gasteiger partial charge in [-0.2, -0.15) is 0 Å². The molecule has 0 fully saturated rings. The third-order valence-electron chi connectivity index (χ3n) is 2.47. The summed E-state index contributed by atoms with van der Waals surface area (Å²) in [6, 6.07) is 8.04. The highest BCUT2D eigenvalue weighted by atomic mass is 16.5. The van der Waals surface area contributed by atoms with Crippen molar-refractivity contribution in [2.75, 3.05) is 13.2 Å². The van der Waals surface area contributed by atoms with Gasteiger partial charge in [0.1, 0.15) is 24.7 Å². The van der Waals surface area contributed by atoms with Crippen molar-refractivity contribution in [2.45, 2.75) is 0 Å². The fourth-order valence-electron chi connectivity index (χ4n) is 1.80. The van der Waals surface area contributed by atoms with Gasteiger partial charge in [0.15, 0.2) is 0 Å². The maximum atomic E-state index is 5.58. The average Bonchev–Trinajstić information content (AvgIpc) is 2.29. The minimum atomic E-state index is 0.552. The van der Waals surface area contributed by atoms with E-state index in [0.717, 1.165) is 22.6 Å². The SMILES string of the molecule is C1=CC2=C(COc3ccccc32)OC1. The minimum absolute atomic E-state index is 0.552. The number of hydrogen-bond donors (Lipinski definition) is 0. The minimum Gasteiger partial charge on any atom is -0.490 e. The number of para-hydroxylation sites is 1. The summed E-state index contributed by atoms with van der Waals surface area (Å²) in [5.41, 5.74) is 2.29. The summed E-state index contributed by atoms with van der Waals surface area (Å²) < 4.78 is 11.1. The van der Waals surface area contributed by atoms with Crippen molar-refractivity contribution in [2.24, 2.45) is 0 Å². The van der Waals surface area contributed by atoms with Crippen LogP contribution in [0, 0.1) is 0 Å². The van der Waals surface area contributed by atoms with Crippen LogP contribution >= 0.6 is 0 Å². The van der Waals surface area contributed by atoms with Gasteiger partial charge >= 0.3 is 0 Å². The van der Waals surface area contributed by atoms with Crippen molar-refractivity contribution in [3.05, 3.63) is 47.7 Å². The highest BCUT2D eigenvalue weighted by Crippen LogP contribution is 2.35. The molecule has 3 rings (SSSR count). The quantitative estimate of drug-likeness (QED) is 0.619. The van der Waals surface area contributed by atoms with Crippen LogP contribution in [0.25, 0.3) is 5.57 Å². The van der Waals surface area contributed by atoms with Crippen LogP contribution in [-0.4, -0.2) is 13.2 Å². The second kappa shape index (κ2) is 2.91. The number of hydrogen-bond acceptors (Lipinski definition) is 2. The first kappa shape index (κ1) is 7.68. The van der Waals surface area contributed by atoms with Gasteiger partial charge in [-0.3, -0.25) is 0 Å². The Balaban J connectivity index is 2.19.